The van der Waals surface area contributed by atoms with E-state index in [-0.39, 0.29) is 23.4 Å². The Kier molecular flexibility index (Phi) is 3.34. The second-order valence-corrected chi connectivity index (χ2v) is 5.03. The Bertz CT molecular complexity index is 581. The molecule has 0 aromatic heterocycles. The number of carbonyl (C=O) groups excluding carboxylic acids is 1. The van der Waals surface area contributed by atoms with E-state index in [1.165, 1.54) is 18.0 Å². The van der Waals surface area contributed by atoms with E-state index in [4.69, 9.17) is 0 Å². The fourth-order valence-electron chi connectivity index (χ4n) is 1.85. The van der Waals surface area contributed by atoms with Gasteiger partial charge in [0, 0.05) is 17.1 Å². The zero-order valence-corrected chi connectivity index (χ0v) is 11.3. The van der Waals surface area contributed by atoms with Crippen molar-refractivity contribution in [3.63, 3.8) is 0 Å². The molecule has 2 rings (SSSR count). The van der Waals surface area contributed by atoms with Crippen molar-refractivity contribution in [2.45, 2.75) is 6.18 Å². The molecule has 1 heterocycles. The summed E-state index contributed by atoms with van der Waals surface area (Å²) in [6.45, 7) is -0.00312. The standard InChI is InChI=1S/C12H9BrF3NO2/c1-17-5-9(18)10(11(17)19)7-4-6(12(14,15)16)2-3-8(7)13/h2-4,18H,5H2,1H3. The van der Waals surface area contributed by atoms with Crippen LogP contribution in [-0.4, -0.2) is 29.5 Å². The molecule has 0 radical (unpaired) electrons. The molecule has 3 nitrogen and oxygen atoms in total. The topological polar surface area (TPSA) is 40.5 Å². The Morgan fingerprint density at radius 2 is 2.00 bits per heavy atom. The minimum absolute atomic E-state index is 0.00312. The molecule has 0 saturated heterocycles. The lowest BCUT2D eigenvalue weighted by Gasteiger charge is -2.12. The van der Waals surface area contributed by atoms with Crippen LogP contribution in [0.4, 0.5) is 13.2 Å². The Morgan fingerprint density at radius 1 is 1.37 bits per heavy atom. The van der Waals surface area contributed by atoms with Crippen molar-refractivity contribution in [3.05, 3.63) is 39.6 Å². The monoisotopic (exact) mass is 335 g/mol. The predicted octanol–water partition coefficient (Wildman–Crippen LogP) is 3.21. The van der Waals surface area contributed by atoms with E-state index < -0.39 is 17.6 Å². The molecule has 1 aromatic carbocycles. The lowest BCUT2D eigenvalue weighted by molar-refractivity contribution is -0.137. The van der Waals surface area contributed by atoms with Gasteiger partial charge in [0.1, 0.15) is 5.76 Å². The number of hydrogen-bond acceptors (Lipinski definition) is 2. The van der Waals surface area contributed by atoms with Crippen LogP contribution in [0.3, 0.4) is 0 Å². The summed E-state index contributed by atoms with van der Waals surface area (Å²) in [7, 11) is 1.47. The van der Waals surface area contributed by atoms with Gasteiger partial charge in [-0.25, -0.2) is 0 Å². The first-order chi connectivity index (χ1) is 8.71. The summed E-state index contributed by atoms with van der Waals surface area (Å²) in [6, 6.07) is 2.98. The molecule has 0 aliphatic carbocycles. The maximum atomic E-state index is 12.7. The molecule has 1 amide bonds. The molecule has 7 heteroatoms. The first kappa shape index (κ1) is 13.9. The minimum Gasteiger partial charge on any atom is -0.510 e. The van der Waals surface area contributed by atoms with Crippen molar-refractivity contribution in [2.24, 2.45) is 0 Å². The molecule has 0 bridgehead atoms. The normalized spacial score (nSPS) is 16.5. The number of nitrogens with zero attached hydrogens (tertiary/aromatic N) is 1. The fraction of sp³-hybridized carbons (Fsp3) is 0.250. The Balaban J connectivity index is 2.57. The molecule has 1 aliphatic rings. The molecule has 0 unspecified atom stereocenters. The summed E-state index contributed by atoms with van der Waals surface area (Å²) >= 11 is 3.10. The molecule has 1 aromatic rings. The molecule has 0 saturated carbocycles. The summed E-state index contributed by atoms with van der Waals surface area (Å²) in [6.07, 6.45) is -4.50. The van der Waals surface area contributed by atoms with Crippen molar-refractivity contribution in [1.29, 1.82) is 0 Å². The van der Waals surface area contributed by atoms with Gasteiger partial charge in [-0.2, -0.15) is 13.2 Å². The van der Waals surface area contributed by atoms with E-state index in [1.807, 2.05) is 0 Å². The maximum absolute atomic E-state index is 12.7. The number of aliphatic hydroxyl groups excluding tert-OH is 1. The van der Waals surface area contributed by atoms with Crippen LogP contribution in [0.5, 0.6) is 0 Å². The van der Waals surface area contributed by atoms with Crippen LogP contribution in [0.2, 0.25) is 0 Å². The van der Waals surface area contributed by atoms with Gasteiger partial charge < -0.3 is 10.0 Å². The van der Waals surface area contributed by atoms with E-state index in [2.05, 4.69) is 15.9 Å². The van der Waals surface area contributed by atoms with Gasteiger partial charge in [0.15, 0.2) is 0 Å². The molecule has 1 aliphatic heterocycles. The van der Waals surface area contributed by atoms with E-state index in [0.29, 0.717) is 4.47 Å². The second kappa shape index (κ2) is 4.56. The van der Waals surface area contributed by atoms with Gasteiger partial charge in [-0.15, -0.1) is 0 Å². The van der Waals surface area contributed by atoms with Crippen LogP contribution >= 0.6 is 15.9 Å². The van der Waals surface area contributed by atoms with E-state index in [0.717, 1.165) is 12.1 Å². The quantitative estimate of drug-likeness (QED) is 0.856. The van der Waals surface area contributed by atoms with E-state index in [9.17, 15) is 23.1 Å². The van der Waals surface area contributed by atoms with Crippen LogP contribution in [-0.2, 0) is 11.0 Å². The van der Waals surface area contributed by atoms with Crippen LogP contribution in [0.15, 0.2) is 28.4 Å². The molecule has 19 heavy (non-hydrogen) atoms. The van der Waals surface area contributed by atoms with Gasteiger partial charge in [0.05, 0.1) is 17.7 Å². The first-order valence-electron chi connectivity index (χ1n) is 5.26. The highest BCUT2D eigenvalue weighted by atomic mass is 79.9. The minimum atomic E-state index is -4.50. The highest BCUT2D eigenvalue weighted by molar-refractivity contribution is 9.10. The predicted molar refractivity (Wildman–Crippen MR) is 66.3 cm³/mol. The highest BCUT2D eigenvalue weighted by Gasteiger charge is 2.34. The number of amides is 1. The molecule has 0 fully saturated rings. The van der Waals surface area contributed by atoms with Gasteiger partial charge in [0.2, 0.25) is 0 Å². The summed E-state index contributed by atoms with van der Waals surface area (Å²) < 4.78 is 38.3. The molecule has 0 atom stereocenters. The van der Waals surface area contributed by atoms with Crippen molar-refractivity contribution >= 4 is 27.4 Å². The number of hydrogen-bond donors (Lipinski definition) is 1. The summed E-state index contributed by atoms with van der Waals surface area (Å²) in [5.41, 5.74) is -0.921. The Labute approximate surface area is 115 Å². The van der Waals surface area contributed by atoms with E-state index >= 15 is 0 Å². The molecular weight excluding hydrogens is 327 g/mol. The largest absolute Gasteiger partial charge is 0.510 e. The summed E-state index contributed by atoms with van der Waals surface area (Å²) in [5.74, 6) is -0.731. The highest BCUT2D eigenvalue weighted by Crippen LogP contribution is 2.36. The number of aliphatic hydroxyl groups is 1. The lowest BCUT2D eigenvalue weighted by atomic mass is 10.0. The third-order valence-corrected chi connectivity index (χ3v) is 3.49. The number of rotatable bonds is 1. The Hall–Kier alpha value is -1.50. The number of benzene rings is 1. The summed E-state index contributed by atoms with van der Waals surface area (Å²) in [4.78, 5) is 13.1. The average Bonchev–Trinajstić information content (AvgIpc) is 2.53. The molecule has 0 spiro atoms. The number of carbonyl (C=O) groups is 1. The van der Waals surface area contributed by atoms with Crippen LogP contribution < -0.4 is 0 Å². The van der Waals surface area contributed by atoms with Gasteiger partial charge in [0.25, 0.3) is 5.91 Å². The Morgan fingerprint density at radius 3 is 2.47 bits per heavy atom. The zero-order chi connectivity index (χ0) is 14.4. The van der Waals surface area contributed by atoms with Gasteiger partial charge >= 0.3 is 6.18 Å². The molecule has 1 N–H and O–H groups in total. The van der Waals surface area contributed by atoms with Crippen molar-refractivity contribution < 1.29 is 23.1 Å². The fourth-order valence-corrected chi connectivity index (χ4v) is 2.30. The van der Waals surface area contributed by atoms with Crippen molar-refractivity contribution in [1.82, 2.24) is 4.90 Å². The summed E-state index contributed by atoms with van der Waals surface area (Å²) in [5, 5.41) is 9.72. The third kappa shape index (κ3) is 2.47. The maximum Gasteiger partial charge on any atom is 0.416 e. The van der Waals surface area contributed by atoms with Gasteiger partial charge in [-0.3, -0.25) is 4.79 Å². The number of likely N-dealkylation sites (N-methyl/N-ethyl adjacent to an activating group) is 1. The van der Waals surface area contributed by atoms with Crippen LogP contribution in [0.1, 0.15) is 11.1 Å². The van der Waals surface area contributed by atoms with Crippen LogP contribution in [0, 0.1) is 0 Å². The van der Waals surface area contributed by atoms with E-state index in [1.54, 1.807) is 0 Å². The van der Waals surface area contributed by atoms with Gasteiger partial charge in [-0.1, -0.05) is 15.9 Å². The first-order valence-corrected chi connectivity index (χ1v) is 6.06. The van der Waals surface area contributed by atoms with Crippen molar-refractivity contribution in [3.8, 4) is 0 Å². The average molecular weight is 336 g/mol. The SMILES string of the molecule is CN1CC(O)=C(c2cc(C(F)(F)F)ccc2Br)C1=O. The number of alkyl halides is 3. The third-order valence-electron chi connectivity index (χ3n) is 2.80. The zero-order valence-electron chi connectivity index (χ0n) is 9.75. The smallest absolute Gasteiger partial charge is 0.416 e. The second-order valence-electron chi connectivity index (χ2n) is 4.18. The lowest BCUT2D eigenvalue weighted by Crippen LogP contribution is -2.21. The number of halogens is 4. The molecule has 102 valence electrons. The van der Waals surface area contributed by atoms with Gasteiger partial charge in [-0.05, 0) is 18.2 Å². The molecular formula is C12H9BrF3NO2. The van der Waals surface area contributed by atoms with Crippen LogP contribution in [0.25, 0.3) is 5.57 Å². The van der Waals surface area contributed by atoms with Crippen molar-refractivity contribution in [2.75, 3.05) is 13.6 Å².